The molecule has 302 valence electrons. The summed E-state index contributed by atoms with van der Waals surface area (Å²) in [4.78, 5) is 103. The number of aromatic amines is 1. The van der Waals surface area contributed by atoms with Crippen LogP contribution in [0.15, 0.2) is 52.3 Å². The predicted molar refractivity (Wildman–Crippen MR) is 197 cm³/mol. The lowest BCUT2D eigenvalue weighted by atomic mass is 9.86. The number of carbonyl (C=O) groups is 4. The minimum atomic E-state index is -5.35. The van der Waals surface area contributed by atoms with Gasteiger partial charge in [-0.2, -0.15) is 4.98 Å². The third-order valence-corrected chi connectivity index (χ3v) is 11.0. The molecule has 0 aliphatic carbocycles. The van der Waals surface area contributed by atoms with Gasteiger partial charge in [-0.25, -0.2) is 19.3 Å². The van der Waals surface area contributed by atoms with Gasteiger partial charge in [0.05, 0.1) is 41.9 Å². The average Bonchev–Trinajstić information content (AvgIpc) is 3.84. The van der Waals surface area contributed by atoms with Crippen LogP contribution in [0, 0.1) is 0 Å². The van der Waals surface area contributed by atoms with Gasteiger partial charge in [-0.1, -0.05) is 25.1 Å². The molecule has 5 aromatic rings. The number of aromatic nitrogens is 6. The quantitative estimate of drug-likeness (QED) is 0.101. The van der Waals surface area contributed by atoms with Crippen molar-refractivity contribution >= 4 is 59.7 Å². The van der Waals surface area contributed by atoms with Crippen molar-refractivity contribution in [1.29, 1.82) is 0 Å². The standard InChI is InChI=1S/C36H34N7O14P/c1-5-36(22-11-24-26-20(10-19-8-6-7-9-23(19)39-26)12-42(24)32(48)21(22)13-52-34(36)49)57-58(50,51)53-14-25-28(54-17(3)45)29(55-18(4)46)33(56-25)43-15-37-27-30(43)40-35(38-16(2)44)41-31(27)47/h6-11,15,25,28-29,33H,5,12-14H2,1-4H3,(H,50,51)(H2,38,40,41,44,47)/t25-,28-,29-,33-,36+/m1/s1. The first-order valence-corrected chi connectivity index (χ1v) is 19.3. The van der Waals surface area contributed by atoms with Gasteiger partial charge in [0.1, 0.15) is 12.7 Å². The highest BCUT2D eigenvalue weighted by atomic mass is 31.2. The van der Waals surface area contributed by atoms with E-state index in [0.29, 0.717) is 16.9 Å². The van der Waals surface area contributed by atoms with E-state index in [9.17, 15) is 38.2 Å². The Morgan fingerprint density at radius 2 is 1.81 bits per heavy atom. The Balaban J connectivity index is 1.12. The number of pyridine rings is 2. The van der Waals surface area contributed by atoms with Crippen molar-refractivity contribution in [1.82, 2.24) is 29.1 Å². The zero-order valence-electron chi connectivity index (χ0n) is 31.1. The highest BCUT2D eigenvalue weighted by Crippen LogP contribution is 2.54. The molecule has 1 fully saturated rings. The highest BCUT2D eigenvalue weighted by molar-refractivity contribution is 7.47. The third kappa shape index (κ3) is 6.65. The number of benzene rings is 1. The van der Waals surface area contributed by atoms with Gasteiger partial charge in [-0.3, -0.25) is 47.9 Å². The van der Waals surface area contributed by atoms with E-state index in [2.05, 4.69) is 20.3 Å². The van der Waals surface area contributed by atoms with E-state index in [-0.39, 0.29) is 41.2 Å². The number of phosphoric acid groups is 1. The van der Waals surface area contributed by atoms with Gasteiger partial charge in [0.25, 0.3) is 11.1 Å². The Bertz CT molecular complexity index is 2750. The molecule has 1 saturated heterocycles. The van der Waals surface area contributed by atoms with Crippen molar-refractivity contribution in [3.8, 4) is 11.4 Å². The number of H-pyrrole nitrogens is 1. The van der Waals surface area contributed by atoms with Crippen LogP contribution in [0.2, 0.25) is 0 Å². The van der Waals surface area contributed by atoms with Crippen LogP contribution in [-0.4, -0.2) is 82.7 Å². The highest BCUT2D eigenvalue weighted by Gasteiger charge is 2.55. The molecule has 1 amide bonds. The van der Waals surface area contributed by atoms with Crippen LogP contribution in [0.4, 0.5) is 5.95 Å². The molecule has 0 bridgehead atoms. The lowest BCUT2D eigenvalue weighted by Gasteiger charge is -2.36. The van der Waals surface area contributed by atoms with E-state index in [1.54, 1.807) is 0 Å². The molecule has 4 aromatic heterocycles. The van der Waals surface area contributed by atoms with Crippen molar-refractivity contribution in [2.75, 3.05) is 11.9 Å². The van der Waals surface area contributed by atoms with E-state index < -0.39 is 86.1 Å². The minimum Gasteiger partial charge on any atom is -0.458 e. The minimum absolute atomic E-state index is 0.00109. The number of hydrogen-bond acceptors (Lipinski definition) is 16. The first kappa shape index (κ1) is 38.7. The topological polar surface area (TPSA) is 271 Å². The summed E-state index contributed by atoms with van der Waals surface area (Å²) < 4.78 is 50.2. The first-order valence-electron chi connectivity index (χ1n) is 17.8. The normalized spacial score (nSPS) is 23.1. The van der Waals surface area contributed by atoms with Crippen molar-refractivity contribution in [2.24, 2.45) is 0 Å². The second kappa shape index (κ2) is 14.4. The van der Waals surface area contributed by atoms with Crippen LogP contribution in [-0.2, 0) is 70.5 Å². The molecule has 1 unspecified atom stereocenters. The lowest BCUT2D eigenvalue weighted by molar-refractivity contribution is -0.171. The van der Waals surface area contributed by atoms with E-state index in [1.165, 1.54) is 29.0 Å². The molecule has 58 heavy (non-hydrogen) atoms. The molecule has 8 rings (SSSR count). The van der Waals surface area contributed by atoms with E-state index in [0.717, 1.165) is 31.1 Å². The van der Waals surface area contributed by atoms with Crippen LogP contribution < -0.4 is 16.4 Å². The smallest absolute Gasteiger partial charge is 0.458 e. The van der Waals surface area contributed by atoms with Gasteiger partial charge < -0.3 is 28.4 Å². The number of carbonyl (C=O) groups excluding carboxylic acids is 4. The van der Waals surface area contributed by atoms with E-state index in [1.807, 2.05) is 30.3 Å². The van der Waals surface area contributed by atoms with E-state index >= 15 is 0 Å². The van der Waals surface area contributed by atoms with Gasteiger partial charge in [-0.05, 0) is 24.6 Å². The maximum atomic E-state index is 14.0. The van der Waals surface area contributed by atoms with Crippen LogP contribution in [0.1, 0.15) is 57.0 Å². The zero-order valence-corrected chi connectivity index (χ0v) is 32.0. The summed E-state index contributed by atoms with van der Waals surface area (Å²) in [5.74, 6) is -3.53. The summed E-state index contributed by atoms with van der Waals surface area (Å²) in [6.45, 7) is 3.75. The molecule has 0 spiro atoms. The summed E-state index contributed by atoms with van der Waals surface area (Å²) >= 11 is 0. The second-order valence-corrected chi connectivity index (χ2v) is 15.1. The van der Waals surface area contributed by atoms with Gasteiger partial charge in [0.2, 0.25) is 17.5 Å². The second-order valence-electron chi connectivity index (χ2n) is 13.7. The molecule has 1 aromatic carbocycles. The largest absolute Gasteiger partial charge is 0.473 e. The maximum absolute atomic E-state index is 14.0. The molecule has 7 heterocycles. The van der Waals surface area contributed by atoms with Crippen molar-refractivity contribution in [2.45, 2.75) is 77.4 Å². The number of hydrogen-bond donors (Lipinski definition) is 3. The summed E-state index contributed by atoms with van der Waals surface area (Å²) in [5, 5.41) is 3.22. The fourth-order valence-electron chi connectivity index (χ4n) is 7.51. The Morgan fingerprint density at radius 3 is 2.53 bits per heavy atom. The van der Waals surface area contributed by atoms with Crippen LogP contribution in [0.3, 0.4) is 0 Å². The number of cyclic esters (lactones) is 1. The number of para-hydroxylation sites is 1. The molecule has 3 aliphatic rings. The Labute approximate surface area is 325 Å². The molecule has 3 aliphatic heterocycles. The zero-order chi connectivity index (χ0) is 41.3. The summed E-state index contributed by atoms with van der Waals surface area (Å²) in [6, 6.07) is 10.9. The van der Waals surface area contributed by atoms with Gasteiger partial charge in [-0.15, -0.1) is 0 Å². The molecule has 0 saturated carbocycles. The van der Waals surface area contributed by atoms with Crippen LogP contribution >= 0.6 is 7.82 Å². The summed E-state index contributed by atoms with van der Waals surface area (Å²) in [6.07, 6.45) is -5.01. The Morgan fingerprint density at radius 1 is 1.07 bits per heavy atom. The molecule has 0 radical (unpaired) electrons. The first-order chi connectivity index (χ1) is 27.6. The van der Waals surface area contributed by atoms with Crippen molar-refractivity contribution in [3.05, 3.63) is 80.1 Å². The Kier molecular flexibility index (Phi) is 9.59. The van der Waals surface area contributed by atoms with Crippen LogP contribution in [0.25, 0.3) is 33.5 Å². The lowest BCUT2D eigenvalue weighted by Crippen LogP contribution is -2.46. The maximum Gasteiger partial charge on any atom is 0.473 e. The van der Waals surface area contributed by atoms with Gasteiger partial charge in [0.15, 0.2) is 29.6 Å². The number of fused-ring (bicyclic) bond motifs is 6. The number of phosphoric ester groups is 1. The fraction of sp³-hybridized carbons (Fsp3) is 0.361. The summed E-state index contributed by atoms with van der Waals surface area (Å²) in [7, 11) is -5.35. The number of esters is 3. The number of anilines is 1. The molecular weight excluding hydrogens is 785 g/mol. The third-order valence-electron chi connectivity index (χ3n) is 9.95. The molecule has 3 N–H and O–H groups in total. The monoisotopic (exact) mass is 819 g/mol. The van der Waals surface area contributed by atoms with Crippen molar-refractivity contribution in [3.63, 3.8) is 0 Å². The number of amides is 1. The van der Waals surface area contributed by atoms with Gasteiger partial charge in [0, 0.05) is 37.3 Å². The Hall–Kier alpha value is -6.12. The number of nitrogens with zero attached hydrogens (tertiary/aromatic N) is 5. The van der Waals surface area contributed by atoms with Crippen molar-refractivity contribution < 1.29 is 56.6 Å². The molecule has 6 atom stereocenters. The summed E-state index contributed by atoms with van der Waals surface area (Å²) in [5.41, 5.74) is -1.55. The average molecular weight is 820 g/mol. The number of imidazole rings is 1. The fourth-order valence-corrected chi connectivity index (χ4v) is 8.59. The van der Waals surface area contributed by atoms with Crippen LogP contribution in [0.5, 0.6) is 0 Å². The molecule has 21 nitrogen and oxygen atoms in total. The SMILES string of the molecule is CC[C@@]1(OP(=O)(O)OC[C@H]2O[C@@H](n3cnc4c(=O)[nH]c(NC(C)=O)nc43)[C@H](OC(C)=O)[C@@H]2OC(C)=O)C(=O)OCc2c1cc1n(c2=O)Cc2cc3ccccc3nc2-1. The number of rotatable bonds is 10. The molecular formula is C36H34N7O14P. The van der Waals surface area contributed by atoms with E-state index in [4.69, 9.17) is 33.0 Å². The molecule has 22 heteroatoms. The number of ether oxygens (including phenoxy) is 4. The number of nitrogens with one attached hydrogen (secondary N) is 2. The predicted octanol–water partition coefficient (Wildman–Crippen LogP) is 2.07. The van der Waals surface area contributed by atoms with Gasteiger partial charge >= 0.3 is 25.7 Å².